The Morgan fingerprint density at radius 3 is 3.11 bits per heavy atom. The summed E-state index contributed by atoms with van der Waals surface area (Å²) in [6.07, 6.45) is 2.52. The SMILES string of the molecule is Nc1cc(Cl)ccc1NC(=O)CSCC1CCCO1. The third kappa shape index (κ3) is 4.60. The summed E-state index contributed by atoms with van der Waals surface area (Å²) < 4.78 is 5.50. The van der Waals surface area contributed by atoms with Crippen molar-refractivity contribution in [2.45, 2.75) is 18.9 Å². The number of halogens is 1. The number of hydrogen-bond acceptors (Lipinski definition) is 4. The molecule has 19 heavy (non-hydrogen) atoms. The molecule has 1 atom stereocenters. The molecule has 1 aliphatic rings. The van der Waals surface area contributed by atoms with Gasteiger partial charge in [0.25, 0.3) is 0 Å². The molecule has 0 spiro atoms. The van der Waals surface area contributed by atoms with Crippen LogP contribution in [0.25, 0.3) is 0 Å². The smallest absolute Gasteiger partial charge is 0.234 e. The van der Waals surface area contributed by atoms with E-state index in [1.54, 1.807) is 30.0 Å². The third-order valence-corrected chi connectivity index (χ3v) is 4.16. The van der Waals surface area contributed by atoms with E-state index >= 15 is 0 Å². The molecule has 3 N–H and O–H groups in total. The summed E-state index contributed by atoms with van der Waals surface area (Å²) in [5, 5.41) is 3.34. The first-order valence-electron chi connectivity index (χ1n) is 6.19. The van der Waals surface area contributed by atoms with Gasteiger partial charge in [-0.25, -0.2) is 0 Å². The van der Waals surface area contributed by atoms with Crippen LogP contribution in [-0.4, -0.2) is 30.1 Å². The van der Waals surface area contributed by atoms with Crippen molar-refractivity contribution in [3.05, 3.63) is 23.2 Å². The fourth-order valence-corrected chi connectivity index (χ4v) is 2.97. The van der Waals surface area contributed by atoms with Crippen LogP contribution in [0.5, 0.6) is 0 Å². The zero-order valence-electron chi connectivity index (χ0n) is 10.5. The summed E-state index contributed by atoms with van der Waals surface area (Å²) in [4.78, 5) is 11.8. The van der Waals surface area contributed by atoms with Crippen LogP contribution in [-0.2, 0) is 9.53 Å². The van der Waals surface area contributed by atoms with Gasteiger partial charge in [0.2, 0.25) is 5.91 Å². The lowest BCUT2D eigenvalue weighted by Crippen LogP contribution is -2.17. The third-order valence-electron chi connectivity index (χ3n) is 2.85. The summed E-state index contributed by atoms with van der Waals surface area (Å²) in [6.45, 7) is 0.846. The molecule has 0 saturated carbocycles. The zero-order chi connectivity index (χ0) is 13.7. The molecule has 1 unspecified atom stereocenters. The van der Waals surface area contributed by atoms with E-state index in [1.807, 2.05) is 0 Å². The van der Waals surface area contributed by atoms with Crippen molar-refractivity contribution >= 4 is 40.6 Å². The molecule has 1 amide bonds. The molecule has 0 aromatic heterocycles. The van der Waals surface area contributed by atoms with E-state index in [9.17, 15) is 4.79 Å². The van der Waals surface area contributed by atoms with Crippen LogP contribution in [0, 0.1) is 0 Å². The maximum Gasteiger partial charge on any atom is 0.234 e. The molecular formula is C13H17ClN2O2S. The van der Waals surface area contributed by atoms with Gasteiger partial charge in [-0.05, 0) is 31.0 Å². The fraction of sp³-hybridized carbons (Fsp3) is 0.462. The van der Waals surface area contributed by atoms with Crippen LogP contribution in [0.15, 0.2) is 18.2 Å². The number of rotatable bonds is 5. The van der Waals surface area contributed by atoms with Crippen molar-refractivity contribution in [3.8, 4) is 0 Å². The number of carbonyl (C=O) groups excluding carboxylic acids is 1. The topological polar surface area (TPSA) is 64.3 Å². The normalized spacial score (nSPS) is 18.5. The summed E-state index contributed by atoms with van der Waals surface area (Å²) in [6, 6.07) is 5.03. The van der Waals surface area contributed by atoms with Crippen LogP contribution >= 0.6 is 23.4 Å². The molecule has 0 radical (unpaired) electrons. The molecule has 1 fully saturated rings. The number of thioether (sulfide) groups is 1. The average Bonchev–Trinajstić information content (AvgIpc) is 2.86. The van der Waals surface area contributed by atoms with E-state index in [1.165, 1.54) is 0 Å². The number of benzene rings is 1. The average molecular weight is 301 g/mol. The molecule has 0 bridgehead atoms. The molecule has 0 aliphatic carbocycles. The molecule has 104 valence electrons. The van der Waals surface area contributed by atoms with Crippen molar-refractivity contribution in [1.82, 2.24) is 0 Å². The number of anilines is 2. The Balaban J connectivity index is 1.74. The number of nitrogens with one attached hydrogen (secondary N) is 1. The molecule has 4 nitrogen and oxygen atoms in total. The highest BCUT2D eigenvalue weighted by Gasteiger charge is 2.16. The van der Waals surface area contributed by atoms with Gasteiger partial charge in [0.05, 0.1) is 23.2 Å². The summed E-state index contributed by atoms with van der Waals surface area (Å²) >= 11 is 7.38. The van der Waals surface area contributed by atoms with Crippen molar-refractivity contribution in [1.29, 1.82) is 0 Å². The summed E-state index contributed by atoms with van der Waals surface area (Å²) in [5.41, 5.74) is 6.85. The minimum atomic E-state index is -0.0583. The van der Waals surface area contributed by atoms with Gasteiger partial charge in [-0.15, -0.1) is 11.8 Å². The first-order chi connectivity index (χ1) is 9.15. The van der Waals surface area contributed by atoms with Crippen molar-refractivity contribution in [3.63, 3.8) is 0 Å². The van der Waals surface area contributed by atoms with Gasteiger partial charge in [0, 0.05) is 17.4 Å². The highest BCUT2D eigenvalue weighted by molar-refractivity contribution is 8.00. The summed E-state index contributed by atoms with van der Waals surface area (Å²) in [7, 11) is 0. The second kappa shape index (κ2) is 7.03. The largest absolute Gasteiger partial charge is 0.397 e. The highest BCUT2D eigenvalue weighted by Crippen LogP contribution is 2.23. The van der Waals surface area contributed by atoms with E-state index in [0.717, 1.165) is 25.2 Å². The minimum Gasteiger partial charge on any atom is -0.397 e. The van der Waals surface area contributed by atoms with Crippen LogP contribution in [0.3, 0.4) is 0 Å². The van der Waals surface area contributed by atoms with Gasteiger partial charge in [-0.2, -0.15) is 0 Å². The fourth-order valence-electron chi connectivity index (χ4n) is 1.89. The zero-order valence-corrected chi connectivity index (χ0v) is 12.1. The number of ether oxygens (including phenoxy) is 1. The monoisotopic (exact) mass is 300 g/mol. The van der Waals surface area contributed by atoms with Gasteiger partial charge in [-0.1, -0.05) is 11.6 Å². The molecule has 1 heterocycles. The Morgan fingerprint density at radius 1 is 1.58 bits per heavy atom. The highest BCUT2D eigenvalue weighted by atomic mass is 35.5. The summed E-state index contributed by atoms with van der Waals surface area (Å²) in [5.74, 6) is 1.21. The number of hydrogen-bond donors (Lipinski definition) is 2. The molecule has 6 heteroatoms. The Kier molecular flexibility index (Phi) is 5.36. The van der Waals surface area contributed by atoms with Gasteiger partial charge >= 0.3 is 0 Å². The van der Waals surface area contributed by atoms with E-state index in [2.05, 4.69) is 5.32 Å². The standard InChI is InChI=1S/C13H17ClN2O2S/c14-9-3-4-12(11(15)6-9)16-13(17)8-19-7-10-2-1-5-18-10/h3-4,6,10H,1-2,5,7-8,15H2,(H,16,17). The van der Waals surface area contributed by atoms with E-state index in [4.69, 9.17) is 22.1 Å². The van der Waals surface area contributed by atoms with E-state index in [-0.39, 0.29) is 5.91 Å². The number of nitrogen functional groups attached to an aromatic ring is 1. The second-order valence-electron chi connectivity index (χ2n) is 4.43. The lowest BCUT2D eigenvalue weighted by Gasteiger charge is -2.10. The molecule has 1 aliphatic heterocycles. The van der Waals surface area contributed by atoms with Crippen LogP contribution in [0.4, 0.5) is 11.4 Å². The Labute approximate surface area is 122 Å². The van der Waals surface area contributed by atoms with E-state index < -0.39 is 0 Å². The van der Waals surface area contributed by atoms with Crippen molar-refractivity contribution in [2.75, 3.05) is 29.2 Å². The van der Waals surface area contributed by atoms with Crippen LogP contribution < -0.4 is 11.1 Å². The van der Waals surface area contributed by atoms with Crippen LogP contribution in [0.2, 0.25) is 5.02 Å². The Bertz CT molecular complexity index is 450. The van der Waals surface area contributed by atoms with Gasteiger partial charge in [0.15, 0.2) is 0 Å². The maximum atomic E-state index is 11.8. The molecular weight excluding hydrogens is 284 g/mol. The van der Waals surface area contributed by atoms with Gasteiger partial charge in [0.1, 0.15) is 0 Å². The number of nitrogens with two attached hydrogens (primary N) is 1. The minimum absolute atomic E-state index is 0.0583. The molecule has 1 saturated heterocycles. The van der Waals surface area contributed by atoms with Crippen molar-refractivity contribution < 1.29 is 9.53 Å². The quantitative estimate of drug-likeness (QED) is 0.821. The Hall–Kier alpha value is -0.910. The number of carbonyl (C=O) groups is 1. The first kappa shape index (κ1) is 14.5. The maximum absolute atomic E-state index is 11.8. The lowest BCUT2D eigenvalue weighted by molar-refractivity contribution is -0.113. The molecule has 1 aromatic carbocycles. The van der Waals surface area contributed by atoms with E-state index in [0.29, 0.717) is 28.3 Å². The lowest BCUT2D eigenvalue weighted by atomic mass is 10.2. The van der Waals surface area contributed by atoms with Gasteiger partial charge in [-0.3, -0.25) is 4.79 Å². The molecule has 2 rings (SSSR count). The second-order valence-corrected chi connectivity index (χ2v) is 5.90. The first-order valence-corrected chi connectivity index (χ1v) is 7.72. The Morgan fingerprint density at radius 2 is 2.42 bits per heavy atom. The predicted molar refractivity (Wildman–Crippen MR) is 80.8 cm³/mol. The predicted octanol–water partition coefficient (Wildman–Crippen LogP) is 2.77. The van der Waals surface area contributed by atoms with Crippen molar-refractivity contribution in [2.24, 2.45) is 0 Å². The van der Waals surface area contributed by atoms with Gasteiger partial charge < -0.3 is 15.8 Å². The van der Waals surface area contributed by atoms with Crippen LogP contribution in [0.1, 0.15) is 12.8 Å². The molecule has 1 aromatic rings. The number of amides is 1.